The van der Waals surface area contributed by atoms with Crippen molar-refractivity contribution in [2.24, 2.45) is 0 Å². The number of ether oxygens (including phenoxy) is 1. The van der Waals surface area contributed by atoms with E-state index in [0.717, 1.165) is 0 Å². The largest absolute Gasteiger partial charge is 0.489 e. The molecule has 0 aliphatic heterocycles. The van der Waals surface area contributed by atoms with Gasteiger partial charge in [0.2, 0.25) is 5.91 Å². The third kappa shape index (κ3) is 4.23. The molecule has 0 aliphatic rings. The molecule has 136 valence electrons. The van der Waals surface area contributed by atoms with E-state index in [1.807, 2.05) is 19.2 Å². The highest BCUT2D eigenvalue weighted by molar-refractivity contribution is 7.16. The highest BCUT2D eigenvalue weighted by Gasteiger charge is 2.10. The molecule has 0 aliphatic carbocycles. The molecule has 3 rings (SSSR count). The Morgan fingerprint density at radius 1 is 1.38 bits per heavy atom. The third-order valence-corrected chi connectivity index (χ3v) is 4.72. The van der Waals surface area contributed by atoms with Crippen LogP contribution in [0.4, 0.5) is 5.69 Å². The van der Waals surface area contributed by atoms with Gasteiger partial charge in [0.1, 0.15) is 10.6 Å². The Morgan fingerprint density at radius 2 is 2.19 bits per heavy atom. The monoisotopic (exact) mass is 391 g/mol. The van der Waals surface area contributed by atoms with Crippen molar-refractivity contribution in [3.05, 3.63) is 51.3 Å². The number of carbonyl (C=O) groups is 1. The number of rotatable bonds is 6. The minimum absolute atomic E-state index is 0.0143. The van der Waals surface area contributed by atoms with Crippen molar-refractivity contribution in [2.75, 3.05) is 5.32 Å². The number of aryl methyl sites for hydroxylation is 1. The molecular weight excluding hydrogens is 374 g/mol. The van der Waals surface area contributed by atoms with Crippen molar-refractivity contribution in [2.45, 2.75) is 32.9 Å². The van der Waals surface area contributed by atoms with Gasteiger partial charge in [0.25, 0.3) is 5.56 Å². The van der Waals surface area contributed by atoms with E-state index in [9.17, 15) is 9.59 Å². The summed E-state index contributed by atoms with van der Waals surface area (Å²) in [5.74, 6) is 0.359. The predicted molar refractivity (Wildman–Crippen MR) is 104 cm³/mol. The minimum Gasteiger partial charge on any atom is -0.489 e. The minimum atomic E-state index is -0.212. The summed E-state index contributed by atoms with van der Waals surface area (Å²) in [4.78, 5) is 29.4. The number of benzene rings is 1. The van der Waals surface area contributed by atoms with Gasteiger partial charge in [0, 0.05) is 18.7 Å². The van der Waals surface area contributed by atoms with Crippen LogP contribution in [0.3, 0.4) is 0 Å². The second-order valence-electron chi connectivity index (χ2n) is 5.99. The summed E-state index contributed by atoms with van der Waals surface area (Å²) in [5, 5.41) is 5.60. The lowest BCUT2D eigenvalue weighted by molar-refractivity contribution is -0.116. The number of halogens is 1. The Morgan fingerprint density at radius 3 is 2.92 bits per heavy atom. The molecule has 0 fully saturated rings. The molecule has 2 heterocycles. The van der Waals surface area contributed by atoms with Crippen LogP contribution < -0.4 is 15.6 Å². The number of carbonyl (C=O) groups excluding carboxylic acids is 1. The number of amides is 1. The van der Waals surface area contributed by atoms with Crippen molar-refractivity contribution < 1.29 is 9.53 Å². The van der Waals surface area contributed by atoms with E-state index < -0.39 is 0 Å². The van der Waals surface area contributed by atoms with Crippen LogP contribution in [0.25, 0.3) is 10.2 Å². The van der Waals surface area contributed by atoms with E-state index in [1.54, 1.807) is 24.3 Å². The van der Waals surface area contributed by atoms with E-state index in [0.29, 0.717) is 26.7 Å². The maximum absolute atomic E-state index is 12.3. The molecule has 0 atom stereocenters. The summed E-state index contributed by atoms with van der Waals surface area (Å²) in [6.07, 6.45) is 1.64. The average Bonchev–Trinajstić information content (AvgIpc) is 3.06. The lowest BCUT2D eigenvalue weighted by Gasteiger charge is -2.13. The van der Waals surface area contributed by atoms with E-state index in [2.05, 4.69) is 10.3 Å². The normalized spacial score (nSPS) is 11.1. The van der Waals surface area contributed by atoms with Gasteiger partial charge in [0.15, 0.2) is 0 Å². The smallest absolute Gasteiger partial charge is 0.262 e. The van der Waals surface area contributed by atoms with Crippen LogP contribution in [0.1, 0.15) is 20.3 Å². The number of thiophene rings is 1. The standard InChI is InChI=1S/C18H18ClN3O3S/c1-11(2)25-15-4-3-12(9-14(15)19)21-16(23)5-7-22-10-20-17-13(18(22)24)6-8-26-17/h3-4,6,8-11H,5,7H2,1-2H3,(H,21,23). The molecule has 1 N–H and O–H groups in total. The molecule has 26 heavy (non-hydrogen) atoms. The van der Waals surface area contributed by atoms with Crippen LogP contribution >= 0.6 is 22.9 Å². The van der Waals surface area contributed by atoms with E-state index >= 15 is 0 Å². The summed E-state index contributed by atoms with van der Waals surface area (Å²) in [6, 6.07) is 6.83. The van der Waals surface area contributed by atoms with Gasteiger partial charge in [-0.15, -0.1) is 11.3 Å². The van der Waals surface area contributed by atoms with Gasteiger partial charge in [-0.1, -0.05) is 11.6 Å². The summed E-state index contributed by atoms with van der Waals surface area (Å²) in [5.41, 5.74) is 0.442. The van der Waals surface area contributed by atoms with Gasteiger partial charge in [-0.3, -0.25) is 14.2 Å². The van der Waals surface area contributed by atoms with E-state index in [-0.39, 0.29) is 30.5 Å². The lowest BCUT2D eigenvalue weighted by atomic mass is 10.2. The molecule has 1 aromatic carbocycles. The first kappa shape index (κ1) is 18.4. The van der Waals surface area contributed by atoms with Crippen LogP contribution in [-0.2, 0) is 11.3 Å². The second-order valence-corrected chi connectivity index (χ2v) is 7.29. The summed E-state index contributed by atoms with van der Waals surface area (Å²) in [6.45, 7) is 4.08. The first-order chi connectivity index (χ1) is 12.4. The Hall–Kier alpha value is -2.38. The second kappa shape index (κ2) is 7.88. The Kier molecular flexibility index (Phi) is 5.58. The van der Waals surface area contributed by atoms with Gasteiger partial charge in [0.05, 0.1) is 22.8 Å². The maximum Gasteiger partial charge on any atom is 0.262 e. The molecule has 3 aromatic rings. The number of hydrogen-bond donors (Lipinski definition) is 1. The molecule has 0 saturated carbocycles. The van der Waals surface area contributed by atoms with Crippen molar-refractivity contribution in [1.29, 1.82) is 0 Å². The van der Waals surface area contributed by atoms with Crippen LogP contribution in [-0.4, -0.2) is 21.6 Å². The highest BCUT2D eigenvalue weighted by atomic mass is 35.5. The predicted octanol–water partition coefficient (Wildman–Crippen LogP) is 3.93. The summed E-state index contributed by atoms with van der Waals surface area (Å²) >= 11 is 7.58. The Balaban J connectivity index is 1.62. The Labute approximate surface area is 159 Å². The molecule has 1 amide bonds. The van der Waals surface area contributed by atoms with Crippen LogP contribution in [0.15, 0.2) is 40.8 Å². The molecule has 0 unspecified atom stereocenters. The van der Waals surface area contributed by atoms with Crippen molar-refractivity contribution in [3.8, 4) is 5.75 Å². The molecule has 0 radical (unpaired) electrons. The summed E-state index contributed by atoms with van der Waals surface area (Å²) in [7, 11) is 0. The molecule has 6 nitrogen and oxygen atoms in total. The fourth-order valence-corrected chi connectivity index (χ4v) is 3.37. The fraction of sp³-hybridized carbons (Fsp3) is 0.278. The molecule has 0 bridgehead atoms. The average molecular weight is 392 g/mol. The topological polar surface area (TPSA) is 73.2 Å². The highest BCUT2D eigenvalue weighted by Crippen LogP contribution is 2.28. The van der Waals surface area contributed by atoms with E-state index in [1.165, 1.54) is 22.2 Å². The van der Waals surface area contributed by atoms with Crippen LogP contribution in [0.2, 0.25) is 5.02 Å². The molecule has 0 saturated heterocycles. The lowest BCUT2D eigenvalue weighted by Crippen LogP contribution is -2.23. The van der Waals surface area contributed by atoms with Crippen molar-refractivity contribution in [3.63, 3.8) is 0 Å². The number of nitrogens with zero attached hydrogens (tertiary/aromatic N) is 2. The zero-order valence-electron chi connectivity index (χ0n) is 14.4. The van der Waals surface area contributed by atoms with Gasteiger partial charge in [-0.2, -0.15) is 0 Å². The van der Waals surface area contributed by atoms with Crippen molar-refractivity contribution in [1.82, 2.24) is 9.55 Å². The number of aromatic nitrogens is 2. The first-order valence-electron chi connectivity index (χ1n) is 8.13. The van der Waals surface area contributed by atoms with E-state index in [4.69, 9.17) is 16.3 Å². The number of hydrogen-bond acceptors (Lipinski definition) is 5. The summed E-state index contributed by atoms with van der Waals surface area (Å²) < 4.78 is 7.01. The van der Waals surface area contributed by atoms with Crippen molar-refractivity contribution >= 4 is 44.7 Å². The fourth-order valence-electron chi connectivity index (χ4n) is 2.43. The Bertz CT molecular complexity index is 997. The van der Waals surface area contributed by atoms with Crippen LogP contribution in [0, 0.1) is 0 Å². The SMILES string of the molecule is CC(C)Oc1ccc(NC(=O)CCn2cnc3sccc3c2=O)cc1Cl. The molecule has 2 aromatic heterocycles. The quantitative estimate of drug-likeness (QED) is 0.691. The number of nitrogens with one attached hydrogen (secondary N) is 1. The maximum atomic E-state index is 12.3. The van der Waals surface area contributed by atoms with Gasteiger partial charge >= 0.3 is 0 Å². The van der Waals surface area contributed by atoms with Gasteiger partial charge < -0.3 is 10.1 Å². The zero-order chi connectivity index (χ0) is 18.7. The number of fused-ring (bicyclic) bond motifs is 1. The van der Waals surface area contributed by atoms with Gasteiger partial charge in [-0.05, 0) is 43.5 Å². The third-order valence-electron chi connectivity index (χ3n) is 3.61. The number of anilines is 1. The van der Waals surface area contributed by atoms with Gasteiger partial charge in [-0.25, -0.2) is 4.98 Å². The van der Waals surface area contributed by atoms with Crippen LogP contribution in [0.5, 0.6) is 5.75 Å². The molecule has 0 spiro atoms. The molecular formula is C18H18ClN3O3S. The first-order valence-corrected chi connectivity index (χ1v) is 9.38. The zero-order valence-corrected chi connectivity index (χ0v) is 15.9. The molecule has 8 heteroatoms.